The van der Waals surface area contributed by atoms with Gasteiger partial charge in [0.25, 0.3) is 0 Å². The van der Waals surface area contributed by atoms with Gasteiger partial charge in [0.2, 0.25) is 5.95 Å². The van der Waals surface area contributed by atoms with Crippen LogP contribution in [0.2, 0.25) is 0 Å². The SMILES string of the molecule is c1ccc(-c2nc(-c3cccc4c3oc3ccccc34)nc(-n3c4ccccc4c4ccc5c6ccccc6n(-c6cc(-c7cccc8ccccc78)cc7c6oc6ccccc67)c5c43)n2)cc1. The molecule has 0 radical (unpaired) electrons. The molecule has 0 aliphatic heterocycles. The van der Waals surface area contributed by atoms with Gasteiger partial charge in [0.15, 0.2) is 17.2 Å². The van der Waals surface area contributed by atoms with Gasteiger partial charge >= 0.3 is 0 Å². The molecule has 0 unspecified atom stereocenters. The summed E-state index contributed by atoms with van der Waals surface area (Å²) in [7, 11) is 0. The fraction of sp³-hybridized carbons (Fsp3) is 0. The molecule has 0 aliphatic rings. The fourth-order valence-electron chi connectivity index (χ4n) is 10.8. The van der Waals surface area contributed by atoms with Crippen molar-refractivity contribution in [3.63, 3.8) is 0 Å². The number of hydrogen-bond acceptors (Lipinski definition) is 5. The summed E-state index contributed by atoms with van der Waals surface area (Å²) in [6.07, 6.45) is 0. The van der Waals surface area contributed by atoms with Crippen LogP contribution in [0.4, 0.5) is 0 Å². The van der Waals surface area contributed by atoms with Crippen molar-refractivity contribution in [2.75, 3.05) is 0 Å². The molecule has 7 nitrogen and oxygen atoms in total. The third-order valence-corrected chi connectivity index (χ3v) is 13.8. The molecule has 0 spiro atoms. The maximum atomic E-state index is 6.99. The molecule has 0 fully saturated rings. The van der Waals surface area contributed by atoms with E-state index >= 15 is 0 Å². The van der Waals surface area contributed by atoms with Crippen LogP contribution in [0.1, 0.15) is 0 Å². The summed E-state index contributed by atoms with van der Waals surface area (Å²) >= 11 is 0. The van der Waals surface area contributed by atoms with Crippen molar-refractivity contribution in [2.24, 2.45) is 0 Å². The van der Waals surface area contributed by atoms with Gasteiger partial charge in [-0.3, -0.25) is 4.57 Å². The zero-order chi connectivity index (χ0) is 44.5. The predicted octanol–water partition coefficient (Wildman–Crippen LogP) is 16.0. The number of hydrogen-bond donors (Lipinski definition) is 0. The van der Waals surface area contributed by atoms with Gasteiger partial charge in [0.1, 0.15) is 16.7 Å². The molecule has 0 saturated carbocycles. The number of aromatic nitrogens is 5. The number of rotatable bonds is 5. The molecule has 0 atom stereocenters. The summed E-state index contributed by atoms with van der Waals surface area (Å²) in [5, 5.41) is 10.9. The quantitative estimate of drug-likeness (QED) is 0.172. The lowest BCUT2D eigenvalue weighted by atomic mass is 9.96. The average molecular weight is 870 g/mol. The first-order valence-corrected chi connectivity index (χ1v) is 22.9. The second-order valence-corrected chi connectivity index (χ2v) is 17.5. The molecule has 5 heterocycles. The Morgan fingerprint density at radius 2 is 0.868 bits per heavy atom. The van der Waals surface area contributed by atoms with Crippen LogP contribution in [0.15, 0.2) is 221 Å². The Balaban J connectivity index is 1.10. The molecule has 5 aromatic heterocycles. The van der Waals surface area contributed by atoms with Crippen molar-refractivity contribution in [2.45, 2.75) is 0 Å². The van der Waals surface area contributed by atoms with E-state index in [1.54, 1.807) is 0 Å². The lowest BCUT2D eigenvalue weighted by molar-refractivity contribution is 0.666. The molecule has 10 aromatic carbocycles. The van der Waals surface area contributed by atoms with E-state index in [4.69, 9.17) is 23.8 Å². The zero-order valence-corrected chi connectivity index (χ0v) is 36.3. The van der Waals surface area contributed by atoms with Crippen LogP contribution in [0.25, 0.3) is 144 Å². The van der Waals surface area contributed by atoms with Gasteiger partial charge in [0.05, 0.1) is 33.3 Å². The molecule has 0 bridgehead atoms. The van der Waals surface area contributed by atoms with E-state index in [0.717, 1.165) is 115 Å². The molecule has 7 heteroatoms. The van der Waals surface area contributed by atoms with Gasteiger partial charge in [-0.2, -0.15) is 9.97 Å². The average Bonchev–Trinajstić information content (AvgIpc) is 4.16. The van der Waals surface area contributed by atoms with Gasteiger partial charge in [0, 0.05) is 48.7 Å². The third kappa shape index (κ3) is 5.26. The van der Waals surface area contributed by atoms with E-state index in [0.29, 0.717) is 17.6 Å². The van der Waals surface area contributed by atoms with Crippen LogP contribution in [-0.2, 0) is 0 Å². The number of benzene rings is 10. The Hall–Kier alpha value is -9.33. The second kappa shape index (κ2) is 14.1. The van der Waals surface area contributed by atoms with Crippen LogP contribution in [0, 0.1) is 0 Å². The maximum Gasteiger partial charge on any atom is 0.238 e. The minimum absolute atomic E-state index is 0.496. The first kappa shape index (κ1) is 36.9. The molecular formula is C61H35N5O2. The highest BCUT2D eigenvalue weighted by Crippen LogP contribution is 2.46. The van der Waals surface area contributed by atoms with E-state index in [9.17, 15) is 0 Å². The normalized spacial score (nSPS) is 12.1. The molecule has 15 rings (SSSR count). The van der Waals surface area contributed by atoms with Crippen LogP contribution < -0.4 is 0 Å². The van der Waals surface area contributed by atoms with Crippen LogP contribution >= 0.6 is 0 Å². The summed E-state index contributed by atoms with van der Waals surface area (Å²) < 4.78 is 18.3. The molecular weight excluding hydrogens is 835 g/mol. The van der Waals surface area contributed by atoms with Crippen LogP contribution in [-0.4, -0.2) is 24.1 Å². The highest BCUT2D eigenvalue weighted by molar-refractivity contribution is 6.24. The van der Waals surface area contributed by atoms with Gasteiger partial charge < -0.3 is 13.4 Å². The highest BCUT2D eigenvalue weighted by Gasteiger charge is 2.26. The number of furan rings is 2. The van der Waals surface area contributed by atoms with Crippen molar-refractivity contribution >= 4 is 98.3 Å². The van der Waals surface area contributed by atoms with Crippen molar-refractivity contribution in [3.05, 3.63) is 212 Å². The Kier molecular flexibility index (Phi) is 7.65. The zero-order valence-electron chi connectivity index (χ0n) is 36.3. The minimum atomic E-state index is 0.496. The highest BCUT2D eigenvalue weighted by atomic mass is 16.3. The molecule has 316 valence electrons. The standard InChI is InChI=1S/C61H35N5O2/c1-2-17-37(18-3-1)59-62-60(48-27-15-26-47-43-23-8-12-30-53(43)67-57(47)48)64-61(63-59)66-51-29-11-7-22-42(51)46-33-32-45-41-21-6-10-28-50(41)65(55(45)56(46)66)52-35-38(40-25-14-19-36-16-4-5-20-39(36)40)34-49-44-24-9-13-31-54(44)68-58(49)52/h1-35H. The lowest BCUT2D eigenvalue weighted by Gasteiger charge is -2.15. The van der Waals surface area contributed by atoms with E-state index in [1.165, 1.54) is 10.8 Å². The van der Waals surface area contributed by atoms with E-state index in [-0.39, 0.29) is 0 Å². The molecule has 68 heavy (non-hydrogen) atoms. The predicted molar refractivity (Wildman–Crippen MR) is 277 cm³/mol. The smallest absolute Gasteiger partial charge is 0.238 e. The second-order valence-electron chi connectivity index (χ2n) is 17.5. The van der Waals surface area contributed by atoms with Crippen LogP contribution in [0.3, 0.4) is 0 Å². The Morgan fingerprint density at radius 1 is 0.324 bits per heavy atom. The van der Waals surface area contributed by atoms with Gasteiger partial charge in [-0.15, -0.1) is 0 Å². The Labute approximate surface area is 387 Å². The summed E-state index contributed by atoms with van der Waals surface area (Å²) in [6.45, 7) is 0. The number of para-hydroxylation sites is 5. The summed E-state index contributed by atoms with van der Waals surface area (Å²) in [6, 6.07) is 74.4. The molecule has 0 N–H and O–H groups in total. The van der Waals surface area contributed by atoms with Gasteiger partial charge in [-0.1, -0.05) is 170 Å². The maximum absolute atomic E-state index is 6.99. The van der Waals surface area contributed by atoms with Crippen molar-refractivity contribution < 1.29 is 8.83 Å². The van der Waals surface area contributed by atoms with Crippen molar-refractivity contribution in [3.8, 4) is 45.5 Å². The largest absolute Gasteiger partial charge is 0.455 e. The minimum Gasteiger partial charge on any atom is -0.455 e. The first-order valence-electron chi connectivity index (χ1n) is 22.9. The Bertz CT molecular complexity index is 4570. The topological polar surface area (TPSA) is 74.8 Å². The molecule has 0 amide bonds. The third-order valence-electron chi connectivity index (χ3n) is 13.8. The fourth-order valence-corrected chi connectivity index (χ4v) is 10.8. The number of nitrogens with zero attached hydrogens (tertiary/aromatic N) is 5. The van der Waals surface area contributed by atoms with Crippen LogP contribution in [0.5, 0.6) is 0 Å². The van der Waals surface area contributed by atoms with E-state index in [2.05, 4.69) is 161 Å². The first-order chi connectivity index (χ1) is 33.7. The number of fused-ring (bicyclic) bond motifs is 14. The molecule has 0 saturated heterocycles. The van der Waals surface area contributed by atoms with E-state index < -0.39 is 0 Å². The van der Waals surface area contributed by atoms with Crippen molar-refractivity contribution in [1.29, 1.82) is 0 Å². The summed E-state index contributed by atoms with van der Waals surface area (Å²) in [5.41, 5.74) is 12.1. The Morgan fingerprint density at radius 3 is 1.63 bits per heavy atom. The summed E-state index contributed by atoms with van der Waals surface area (Å²) in [5.74, 6) is 1.57. The van der Waals surface area contributed by atoms with Gasteiger partial charge in [-0.05, 0) is 64.4 Å². The molecule has 15 aromatic rings. The van der Waals surface area contributed by atoms with Crippen molar-refractivity contribution in [1.82, 2.24) is 24.1 Å². The van der Waals surface area contributed by atoms with Gasteiger partial charge in [-0.25, -0.2) is 4.98 Å². The monoisotopic (exact) mass is 869 g/mol. The lowest BCUT2D eigenvalue weighted by Crippen LogP contribution is -2.07. The molecule has 0 aliphatic carbocycles. The summed E-state index contributed by atoms with van der Waals surface area (Å²) in [4.78, 5) is 16.1. The van der Waals surface area contributed by atoms with E-state index in [1.807, 2.05) is 60.7 Å².